The van der Waals surface area contributed by atoms with Gasteiger partial charge in [-0.15, -0.1) is 0 Å². The van der Waals surface area contributed by atoms with Crippen LogP contribution in [0.3, 0.4) is 0 Å². The molecule has 10 heteroatoms. The number of nitrogens with two attached hydrogens (primary N) is 2. The zero-order chi connectivity index (χ0) is 21.0. The molecular formula is C19H20N8O2. The number of nitrogens with one attached hydrogen (secondary N) is 2. The predicted octanol–water partition coefficient (Wildman–Crippen LogP) is 1.60. The number of nitriles is 2. The molecule has 0 aliphatic carbocycles. The van der Waals surface area contributed by atoms with E-state index >= 15 is 0 Å². The Morgan fingerprint density at radius 2 is 2.10 bits per heavy atom. The molecule has 10 nitrogen and oxygen atoms in total. The van der Waals surface area contributed by atoms with Crippen LogP contribution in [0, 0.1) is 22.8 Å². The van der Waals surface area contributed by atoms with E-state index in [2.05, 4.69) is 20.6 Å². The normalized spacial score (nSPS) is 14.6. The molecule has 1 aliphatic rings. The molecule has 3 rings (SSSR count). The molecule has 0 saturated heterocycles. The molecule has 1 aromatic heterocycles. The van der Waals surface area contributed by atoms with Gasteiger partial charge in [0.1, 0.15) is 35.1 Å². The van der Waals surface area contributed by atoms with Crippen LogP contribution in [-0.2, 0) is 11.3 Å². The summed E-state index contributed by atoms with van der Waals surface area (Å²) in [6.45, 7) is 2.82. The third-order valence-corrected chi connectivity index (χ3v) is 4.44. The highest BCUT2D eigenvalue weighted by Crippen LogP contribution is 2.41. The molecule has 0 amide bonds. The van der Waals surface area contributed by atoms with Gasteiger partial charge in [-0.25, -0.2) is 9.98 Å². The second-order valence-corrected chi connectivity index (χ2v) is 6.11. The zero-order valence-corrected chi connectivity index (χ0v) is 16.0. The highest BCUT2D eigenvalue weighted by molar-refractivity contribution is 5.98. The molecule has 148 valence electrons. The van der Waals surface area contributed by atoms with Crippen LogP contribution in [0.5, 0.6) is 5.75 Å². The van der Waals surface area contributed by atoms with Crippen molar-refractivity contribution in [1.82, 2.24) is 10.3 Å². The first-order chi connectivity index (χ1) is 14.0. The number of benzene rings is 1. The van der Waals surface area contributed by atoms with E-state index in [1.165, 1.54) is 0 Å². The number of rotatable bonds is 5. The van der Waals surface area contributed by atoms with Crippen molar-refractivity contribution in [2.75, 3.05) is 30.5 Å². The summed E-state index contributed by atoms with van der Waals surface area (Å²) in [7, 11) is 1.58. The molecule has 0 saturated carbocycles. The van der Waals surface area contributed by atoms with E-state index in [1.807, 2.05) is 37.4 Å². The van der Waals surface area contributed by atoms with E-state index in [4.69, 9.17) is 26.2 Å². The number of aliphatic imine (C=N–C) groups is 1. The highest BCUT2D eigenvalue weighted by atomic mass is 16.5. The zero-order valence-electron chi connectivity index (χ0n) is 16.0. The molecule has 1 unspecified atom stereocenters. The molecule has 1 aliphatic heterocycles. The number of methoxy groups -OCH3 is 1. The van der Waals surface area contributed by atoms with Gasteiger partial charge in [0.15, 0.2) is 6.19 Å². The van der Waals surface area contributed by atoms with E-state index in [0.29, 0.717) is 30.3 Å². The third-order valence-electron chi connectivity index (χ3n) is 4.44. The lowest BCUT2D eigenvalue weighted by Gasteiger charge is -2.26. The standard InChI is InChI=1S/C19H20N8O2/c1-3-29-8-11-6-10(4-5-13(11)28-2)16-14-15(22)12(7-20)17(23)26-18(14)27-19(25-16)24-9-21/h4-6,16H,3,8H2,1-2H3,(H6,22,23,24,25,26,27). The highest BCUT2D eigenvalue weighted by Gasteiger charge is 2.30. The van der Waals surface area contributed by atoms with Gasteiger partial charge in [0.05, 0.1) is 19.4 Å². The number of hydrogen-bond acceptors (Lipinski definition) is 10. The molecule has 6 N–H and O–H groups in total. The molecule has 0 bridgehead atoms. The lowest BCUT2D eigenvalue weighted by Crippen LogP contribution is -2.32. The van der Waals surface area contributed by atoms with E-state index in [1.54, 1.807) is 7.11 Å². The van der Waals surface area contributed by atoms with Gasteiger partial charge in [-0.3, -0.25) is 5.32 Å². The minimum Gasteiger partial charge on any atom is -0.496 e. The first kappa shape index (κ1) is 19.7. The van der Waals surface area contributed by atoms with E-state index in [-0.39, 0.29) is 23.0 Å². The Kier molecular flexibility index (Phi) is 5.67. The predicted molar refractivity (Wildman–Crippen MR) is 108 cm³/mol. The Morgan fingerprint density at radius 1 is 1.31 bits per heavy atom. The Bertz CT molecular complexity index is 1050. The quantitative estimate of drug-likeness (QED) is 0.436. The fourth-order valence-electron chi connectivity index (χ4n) is 3.12. The van der Waals surface area contributed by atoms with Crippen molar-refractivity contribution in [3.63, 3.8) is 0 Å². The summed E-state index contributed by atoms with van der Waals surface area (Å²) in [6.07, 6.45) is 1.82. The van der Waals surface area contributed by atoms with Crippen LogP contribution < -0.4 is 26.8 Å². The van der Waals surface area contributed by atoms with Crippen LogP contribution in [0.15, 0.2) is 23.2 Å². The fraction of sp³-hybridized carbons (Fsp3) is 0.263. The maximum Gasteiger partial charge on any atom is 0.211 e. The maximum atomic E-state index is 9.41. The van der Waals surface area contributed by atoms with Crippen LogP contribution in [-0.4, -0.2) is 24.7 Å². The van der Waals surface area contributed by atoms with Crippen molar-refractivity contribution in [3.05, 3.63) is 40.5 Å². The average Bonchev–Trinajstić information content (AvgIpc) is 2.71. The van der Waals surface area contributed by atoms with Gasteiger partial charge in [-0.2, -0.15) is 10.5 Å². The Hall–Kier alpha value is -4.02. The smallest absolute Gasteiger partial charge is 0.211 e. The monoisotopic (exact) mass is 392 g/mol. The van der Waals surface area contributed by atoms with Gasteiger partial charge in [-0.05, 0) is 24.6 Å². The van der Waals surface area contributed by atoms with Crippen molar-refractivity contribution < 1.29 is 9.47 Å². The van der Waals surface area contributed by atoms with Gasteiger partial charge < -0.3 is 26.3 Å². The SMILES string of the molecule is CCOCc1cc(C2N=C(NC#N)Nc3nc(N)c(C#N)c(N)c32)ccc1OC. The third kappa shape index (κ3) is 3.70. The van der Waals surface area contributed by atoms with Crippen LogP contribution in [0.2, 0.25) is 0 Å². The molecule has 0 spiro atoms. The van der Waals surface area contributed by atoms with Crippen molar-refractivity contribution in [2.24, 2.45) is 4.99 Å². The van der Waals surface area contributed by atoms with Crippen molar-refractivity contribution in [2.45, 2.75) is 19.6 Å². The first-order valence-electron chi connectivity index (χ1n) is 8.77. The summed E-state index contributed by atoms with van der Waals surface area (Å²) in [5.74, 6) is 1.21. The second-order valence-electron chi connectivity index (χ2n) is 6.11. The minimum absolute atomic E-state index is 0.0000246. The fourth-order valence-corrected chi connectivity index (χ4v) is 3.12. The summed E-state index contributed by atoms with van der Waals surface area (Å²) >= 11 is 0. The topological polar surface area (TPSA) is 167 Å². The number of nitrogen functional groups attached to an aromatic ring is 2. The number of hydrogen-bond donors (Lipinski definition) is 4. The van der Waals surface area contributed by atoms with Crippen molar-refractivity contribution >= 4 is 23.3 Å². The maximum absolute atomic E-state index is 9.41. The van der Waals surface area contributed by atoms with Crippen LogP contribution >= 0.6 is 0 Å². The lowest BCUT2D eigenvalue weighted by atomic mass is 9.94. The molecule has 1 aromatic carbocycles. The molecule has 1 atom stereocenters. The summed E-state index contributed by atoms with van der Waals surface area (Å²) in [5.41, 5.74) is 14.5. The lowest BCUT2D eigenvalue weighted by molar-refractivity contribution is 0.132. The second kappa shape index (κ2) is 8.33. The molecular weight excluding hydrogens is 372 g/mol. The van der Waals surface area contributed by atoms with Crippen molar-refractivity contribution in [3.8, 4) is 18.0 Å². The molecule has 2 aromatic rings. The van der Waals surface area contributed by atoms with Crippen LogP contribution in [0.1, 0.15) is 35.2 Å². The number of fused-ring (bicyclic) bond motifs is 1. The van der Waals surface area contributed by atoms with E-state index in [0.717, 1.165) is 11.1 Å². The summed E-state index contributed by atoms with van der Waals surface area (Å²) in [5, 5.41) is 23.8. The van der Waals surface area contributed by atoms with Gasteiger partial charge in [0.25, 0.3) is 0 Å². The minimum atomic E-state index is -0.617. The van der Waals surface area contributed by atoms with E-state index in [9.17, 15) is 5.26 Å². The Labute approximate surface area is 167 Å². The summed E-state index contributed by atoms with van der Waals surface area (Å²) in [6, 6.07) is 6.90. The largest absolute Gasteiger partial charge is 0.496 e. The summed E-state index contributed by atoms with van der Waals surface area (Å²) < 4.78 is 10.9. The van der Waals surface area contributed by atoms with Crippen LogP contribution in [0.25, 0.3) is 0 Å². The van der Waals surface area contributed by atoms with Crippen molar-refractivity contribution in [1.29, 1.82) is 10.5 Å². The van der Waals surface area contributed by atoms with Gasteiger partial charge in [0, 0.05) is 17.7 Å². The summed E-state index contributed by atoms with van der Waals surface area (Å²) in [4.78, 5) is 8.79. The first-order valence-corrected chi connectivity index (χ1v) is 8.77. The number of aromatic nitrogens is 1. The van der Waals surface area contributed by atoms with Gasteiger partial charge >= 0.3 is 0 Å². The van der Waals surface area contributed by atoms with Gasteiger partial charge in [-0.1, -0.05) is 6.07 Å². The number of anilines is 3. The molecule has 0 fully saturated rings. The number of guanidine groups is 1. The Balaban J connectivity index is 2.18. The van der Waals surface area contributed by atoms with Gasteiger partial charge in [0.2, 0.25) is 5.96 Å². The molecule has 0 radical (unpaired) electrons. The average molecular weight is 392 g/mol. The molecule has 29 heavy (non-hydrogen) atoms. The van der Waals surface area contributed by atoms with E-state index < -0.39 is 6.04 Å². The Morgan fingerprint density at radius 3 is 2.76 bits per heavy atom. The number of pyridine rings is 1. The number of ether oxygens (including phenoxy) is 2. The van der Waals surface area contributed by atoms with Crippen LogP contribution in [0.4, 0.5) is 17.3 Å². The number of nitrogens with zero attached hydrogens (tertiary/aromatic N) is 4. The molecule has 2 heterocycles.